The maximum Gasteiger partial charge on any atom is 0.269 e. The fourth-order valence-electron chi connectivity index (χ4n) is 4.90. The molecule has 8 N–H and O–H groups in total. The Hall–Kier alpha value is -3.87. The Morgan fingerprint density at radius 2 is 1.82 bits per heavy atom. The average Bonchev–Trinajstić information content (AvgIpc) is 2.91. The zero-order valence-corrected chi connectivity index (χ0v) is 22.2. The number of aliphatic imine (C=N–C) groups is 1. The van der Waals surface area contributed by atoms with E-state index in [2.05, 4.69) is 15.6 Å². The molecule has 2 aromatic carbocycles. The largest absolute Gasteiger partial charge is 0.370 e. The summed E-state index contributed by atoms with van der Waals surface area (Å²) >= 11 is 0. The summed E-state index contributed by atoms with van der Waals surface area (Å²) in [5, 5.41) is 17.2. The van der Waals surface area contributed by atoms with Crippen LogP contribution in [0.3, 0.4) is 0 Å². The summed E-state index contributed by atoms with van der Waals surface area (Å²) in [5.41, 5.74) is 17.5. The Kier molecular flexibility index (Phi) is 10.5. The van der Waals surface area contributed by atoms with Gasteiger partial charge in [0.05, 0.1) is 17.0 Å². The van der Waals surface area contributed by atoms with Gasteiger partial charge in [-0.1, -0.05) is 30.3 Å². The van der Waals surface area contributed by atoms with Crippen LogP contribution < -0.4 is 27.8 Å². The number of nitro benzene ring substituents is 1. The van der Waals surface area contributed by atoms with Crippen molar-refractivity contribution in [2.75, 3.05) is 25.5 Å². The van der Waals surface area contributed by atoms with Gasteiger partial charge < -0.3 is 22.5 Å². The number of piperidine rings is 1. The van der Waals surface area contributed by atoms with E-state index < -0.39 is 22.7 Å². The Morgan fingerprint density at radius 3 is 2.44 bits per heavy atom. The van der Waals surface area contributed by atoms with Crippen molar-refractivity contribution in [3.05, 3.63) is 70.3 Å². The molecule has 3 rings (SSSR count). The van der Waals surface area contributed by atoms with Gasteiger partial charge in [0.25, 0.3) is 5.69 Å². The second-order valence-electron chi connectivity index (χ2n) is 9.84. The highest BCUT2D eigenvalue weighted by molar-refractivity contribution is 5.97. The van der Waals surface area contributed by atoms with Crippen molar-refractivity contribution in [1.82, 2.24) is 10.2 Å². The topological polar surface area (TPSA) is 195 Å². The molecule has 1 fully saturated rings. The Balaban J connectivity index is 1.85. The molecule has 0 saturated carbocycles. The number of nitrogens with two attached hydrogens (primary N) is 3. The highest BCUT2D eigenvalue weighted by Gasteiger charge is 2.47. The van der Waals surface area contributed by atoms with E-state index in [9.17, 15) is 19.7 Å². The number of hydrogen-bond donors (Lipinski definition) is 5. The van der Waals surface area contributed by atoms with Crippen LogP contribution in [0, 0.1) is 10.1 Å². The number of amides is 1. The third kappa shape index (κ3) is 8.06. The lowest BCUT2D eigenvalue weighted by molar-refractivity contribution is -0.384. The molecule has 39 heavy (non-hydrogen) atoms. The molecule has 3 atom stereocenters. The SMILES string of the molecule is CN1CCCCC1(N[C@@H](CCCN=C(N)N)C(=O)Nc1ccc([N+](=O)[O-])cc1)C(=O)[C@@H](N)Cc1ccccc1. The second kappa shape index (κ2) is 13.8. The van der Waals surface area contributed by atoms with Crippen molar-refractivity contribution in [3.8, 4) is 0 Å². The third-order valence-corrected chi connectivity index (χ3v) is 7.00. The van der Waals surface area contributed by atoms with E-state index in [0.29, 0.717) is 44.5 Å². The van der Waals surface area contributed by atoms with E-state index in [4.69, 9.17) is 17.2 Å². The van der Waals surface area contributed by atoms with E-state index in [1.54, 1.807) is 0 Å². The lowest BCUT2D eigenvalue weighted by Crippen LogP contribution is -2.71. The first kappa shape index (κ1) is 29.7. The number of hydrogen-bond acceptors (Lipinski definition) is 8. The first-order valence-corrected chi connectivity index (χ1v) is 13.1. The van der Waals surface area contributed by atoms with Gasteiger partial charge in [0.2, 0.25) is 5.91 Å². The van der Waals surface area contributed by atoms with Crippen molar-refractivity contribution in [1.29, 1.82) is 0 Å². The molecule has 1 aliphatic rings. The van der Waals surface area contributed by atoms with Gasteiger partial charge in [-0.15, -0.1) is 0 Å². The molecule has 1 heterocycles. The normalized spacial score (nSPS) is 19.0. The number of ketones is 1. The zero-order chi connectivity index (χ0) is 28.4. The van der Waals surface area contributed by atoms with E-state index in [-0.39, 0.29) is 23.3 Å². The number of likely N-dealkylation sites (N-methyl/N-ethyl adjacent to an activating group) is 1. The second-order valence-corrected chi connectivity index (χ2v) is 9.84. The third-order valence-electron chi connectivity index (χ3n) is 7.00. The predicted molar refractivity (Wildman–Crippen MR) is 151 cm³/mol. The van der Waals surface area contributed by atoms with Crippen LogP contribution in [0.5, 0.6) is 0 Å². The monoisotopic (exact) mass is 538 g/mol. The van der Waals surface area contributed by atoms with Crippen LogP contribution in [0.4, 0.5) is 11.4 Å². The number of anilines is 1. The fraction of sp³-hybridized carbons (Fsp3) is 0.444. The minimum atomic E-state index is -1.14. The van der Waals surface area contributed by atoms with E-state index in [1.807, 2.05) is 42.3 Å². The number of benzene rings is 2. The molecule has 0 radical (unpaired) electrons. The first-order valence-electron chi connectivity index (χ1n) is 13.1. The van der Waals surface area contributed by atoms with Crippen LogP contribution in [-0.2, 0) is 16.0 Å². The summed E-state index contributed by atoms with van der Waals surface area (Å²) in [5.74, 6) is -0.595. The number of non-ortho nitro benzene ring substituents is 1. The Bertz CT molecular complexity index is 1150. The molecule has 0 aliphatic carbocycles. The summed E-state index contributed by atoms with van der Waals surface area (Å²) in [6.07, 6.45) is 3.41. The molecule has 2 aromatic rings. The van der Waals surface area contributed by atoms with Crippen LogP contribution >= 0.6 is 0 Å². The van der Waals surface area contributed by atoms with E-state index in [1.165, 1.54) is 24.3 Å². The lowest BCUT2D eigenvalue weighted by Gasteiger charge is -2.47. The minimum Gasteiger partial charge on any atom is -0.370 e. The summed E-state index contributed by atoms with van der Waals surface area (Å²) in [6, 6.07) is 13.6. The van der Waals surface area contributed by atoms with Gasteiger partial charge in [0.15, 0.2) is 11.7 Å². The van der Waals surface area contributed by atoms with Crippen LogP contribution in [0.25, 0.3) is 0 Å². The number of guanidine groups is 1. The molecule has 12 nitrogen and oxygen atoms in total. The maximum atomic E-state index is 14.0. The van der Waals surface area contributed by atoms with Crippen molar-refractivity contribution < 1.29 is 14.5 Å². The number of rotatable bonds is 13. The van der Waals surface area contributed by atoms with Gasteiger partial charge in [-0.2, -0.15) is 0 Å². The van der Waals surface area contributed by atoms with Gasteiger partial charge in [-0.25, -0.2) is 0 Å². The van der Waals surface area contributed by atoms with Gasteiger partial charge in [-0.05, 0) is 69.8 Å². The van der Waals surface area contributed by atoms with Crippen LogP contribution in [0.15, 0.2) is 59.6 Å². The van der Waals surface area contributed by atoms with Gasteiger partial charge in [-0.3, -0.25) is 34.9 Å². The Labute approximate surface area is 228 Å². The molecule has 12 heteroatoms. The van der Waals surface area contributed by atoms with Crippen molar-refractivity contribution in [3.63, 3.8) is 0 Å². The number of carbonyl (C=O) groups excluding carboxylic acids is 2. The average molecular weight is 539 g/mol. The standard InChI is InChI=1S/C27H38N8O4/c1-34-17-6-5-15-27(34,24(36)22(28)18-19-8-3-2-4-9-19)33-23(10-7-16-31-26(29)30)25(37)32-20-11-13-21(14-12-20)35(38)39/h2-4,8-9,11-14,22-23,33H,5-7,10,15-18,28H2,1H3,(H,32,37)(H4,29,30,31)/t22-,23-,27?/m0/s1. The van der Waals surface area contributed by atoms with Crippen LogP contribution in [-0.4, -0.2) is 65.4 Å². The summed E-state index contributed by atoms with van der Waals surface area (Å²) < 4.78 is 0. The van der Waals surface area contributed by atoms with Gasteiger partial charge >= 0.3 is 0 Å². The number of nitrogens with zero attached hydrogens (tertiary/aromatic N) is 3. The number of carbonyl (C=O) groups is 2. The fourth-order valence-corrected chi connectivity index (χ4v) is 4.90. The van der Waals surface area contributed by atoms with Crippen molar-refractivity contribution >= 4 is 29.0 Å². The van der Waals surface area contributed by atoms with Gasteiger partial charge in [0, 0.05) is 24.4 Å². The summed E-state index contributed by atoms with van der Waals surface area (Å²) in [7, 11) is 1.87. The molecule has 210 valence electrons. The van der Waals surface area contributed by atoms with Crippen molar-refractivity contribution in [2.24, 2.45) is 22.2 Å². The molecule has 0 aromatic heterocycles. The molecule has 1 aliphatic heterocycles. The number of nitrogens with one attached hydrogen (secondary N) is 2. The molecular weight excluding hydrogens is 500 g/mol. The molecule has 1 saturated heterocycles. The minimum absolute atomic E-state index is 0.0413. The molecule has 0 spiro atoms. The van der Waals surface area contributed by atoms with Crippen molar-refractivity contribution in [2.45, 2.75) is 56.3 Å². The van der Waals surface area contributed by atoms with Crippen LogP contribution in [0.1, 0.15) is 37.7 Å². The Morgan fingerprint density at radius 1 is 1.13 bits per heavy atom. The van der Waals surface area contributed by atoms with E-state index >= 15 is 0 Å². The highest BCUT2D eigenvalue weighted by Crippen LogP contribution is 2.29. The first-order chi connectivity index (χ1) is 18.6. The number of nitro groups is 1. The molecule has 1 amide bonds. The molecule has 1 unspecified atom stereocenters. The van der Waals surface area contributed by atoms with Crippen LogP contribution in [0.2, 0.25) is 0 Å². The van der Waals surface area contributed by atoms with Gasteiger partial charge in [0.1, 0.15) is 5.66 Å². The van der Waals surface area contributed by atoms with E-state index in [0.717, 1.165) is 18.4 Å². The summed E-state index contributed by atoms with van der Waals surface area (Å²) in [6.45, 7) is 0.983. The highest BCUT2D eigenvalue weighted by atomic mass is 16.6. The smallest absolute Gasteiger partial charge is 0.269 e. The maximum absolute atomic E-state index is 14.0. The zero-order valence-electron chi connectivity index (χ0n) is 22.2. The lowest BCUT2D eigenvalue weighted by atomic mass is 9.85. The number of Topliss-reactive ketones (excluding diaryl/α,β-unsaturated/α-hetero) is 1. The summed E-state index contributed by atoms with van der Waals surface area (Å²) in [4.78, 5) is 43.9. The number of likely N-dealkylation sites (tertiary alicyclic amines) is 1. The quantitative estimate of drug-likeness (QED) is 0.0825. The molecular formula is C27H38N8O4. The predicted octanol–water partition coefficient (Wildman–Crippen LogP) is 1.50. The molecule has 0 bridgehead atoms.